The molecule has 0 aliphatic heterocycles. The summed E-state index contributed by atoms with van der Waals surface area (Å²) in [5.41, 5.74) is 2.25. The van der Waals surface area contributed by atoms with Crippen molar-refractivity contribution in [2.24, 2.45) is 4.99 Å². The Balaban J connectivity index is 1.95. The molecule has 0 unspecified atom stereocenters. The molecule has 174 valence electrons. The first-order valence-electron chi connectivity index (χ1n) is 10.5. The Morgan fingerprint density at radius 2 is 1.78 bits per heavy atom. The van der Waals surface area contributed by atoms with Gasteiger partial charge in [-0.05, 0) is 37.1 Å². The van der Waals surface area contributed by atoms with Gasteiger partial charge in [-0.2, -0.15) is 8.78 Å². The van der Waals surface area contributed by atoms with Crippen LogP contribution in [0.1, 0.15) is 37.8 Å². The molecular weight excluding hydrogens is 418 g/mol. The number of carbonyl (C=O) groups excluding carboxylic acids is 1. The van der Waals surface area contributed by atoms with Gasteiger partial charge in [-0.3, -0.25) is 9.79 Å². The maximum absolute atomic E-state index is 12.9. The van der Waals surface area contributed by atoms with Gasteiger partial charge in [0.05, 0.1) is 6.61 Å². The molecule has 9 heteroatoms. The Morgan fingerprint density at radius 3 is 2.41 bits per heavy atom. The van der Waals surface area contributed by atoms with Crippen LogP contribution < -0.4 is 25.4 Å². The van der Waals surface area contributed by atoms with Gasteiger partial charge in [0.15, 0.2) is 17.5 Å². The molecule has 2 aromatic carbocycles. The van der Waals surface area contributed by atoms with Crippen LogP contribution in [0.3, 0.4) is 0 Å². The molecule has 0 saturated carbocycles. The number of alkyl halides is 2. The van der Waals surface area contributed by atoms with E-state index in [9.17, 15) is 13.6 Å². The number of aliphatic imine (C=N–C) groups is 1. The second-order valence-corrected chi connectivity index (χ2v) is 6.83. The summed E-state index contributed by atoms with van der Waals surface area (Å²) in [5.74, 6) is 0.760. The quantitative estimate of drug-likeness (QED) is 0.353. The summed E-state index contributed by atoms with van der Waals surface area (Å²) in [6.45, 7) is 1.81. The summed E-state index contributed by atoms with van der Waals surface area (Å²) in [5, 5.41) is 9.11. The summed E-state index contributed by atoms with van der Waals surface area (Å²) in [6, 6.07) is 12.5. The van der Waals surface area contributed by atoms with Crippen molar-refractivity contribution < 1.29 is 23.0 Å². The van der Waals surface area contributed by atoms with Crippen LogP contribution in [0.4, 0.5) is 14.5 Å². The summed E-state index contributed by atoms with van der Waals surface area (Å²) in [4.78, 5) is 15.8. The summed E-state index contributed by atoms with van der Waals surface area (Å²) >= 11 is 0. The number of benzene rings is 2. The Morgan fingerprint density at radius 1 is 1.06 bits per heavy atom. The lowest BCUT2D eigenvalue weighted by molar-refractivity contribution is -0.116. The van der Waals surface area contributed by atoms with Crippen molar-refractivity contribution in [2.45, 2.75) is 46.4 Å². The fraction of sp³-hybridized carbons (Fsp3) is 0.391. The standard InChI is InChI=1S/C23H30F2N4O3/c1-4-7-20(30)29-18-12-10-16(11-13-18)14-27-23(26-3)28-15-17-8-6-9-19(31-5-2)21(17)32-22(24)25/h6,8-13,22H,4-5,7,14-15H2,1-3H3,(H,29,30)(H2,26,27,28). The molecule has 7 nitrogen and oxygen atoms in total. The van der Waals surface area contributed by atoms with Crippen molar-refractivity contribution in [1.29, 1.82) is 0 Å². The van der Waals surface area contributed by atoms with Crippen LogP contribution in [0.2, 0.25) is 0 Å². The van der Waals surface area contributed by atoms with E-state index in [0.29, 0.717) is 31.1 Å². The van der Waals surface area contributed by atoms with Gasteiger partial charge in [-0.15, -0.1) is 0 Å². The number of halogens is 2. The van der Waals surface area contributed by atoms with E-state index in [1.807, 2.05) is 31.2 Å². The highest BCUT2D eigenvalue weighted by molar-refractivity contribution is 5.90. The Kier molecular flexibility index (Phi) is 10.2. The van der Waals surface area contributed by atoms with Crippen LogP contribution in [0.15, 0.2) is 47.5 Å². The molecule has 0 saturated heterocycles. The highest BCUT2D eigenvalue weighted by Gasteiger charge is 2.16. The number of para-hydroxylation sites is 1. The van der Waals surface area contributed by atoms with Crippen LogP contribution in [-0.2, 0) is 17.9 Å². The Bertz CT molecular complexity index is 889. The molecule has 0 aliphatic carbocycles. The van der Waals surface area contributed by atoms with Gasteiger partial charge in [0.1, 0.15) is 0 Å². The first kappa shape index (κ1) is 24.9. The predicted octanol–water partition coefficient (Wildman–Crippen LogP) is 4.29. The molecule has 0 aromatic heterocycles. The molecule has 0 heterocycles. The van der Waals surface area contributed by atoms with Gasteiger partial charge in [0.25, 0.3) is 0 Å². The number of rotatable bonds is 11. The average Bonchev–Trinajstić information content (AvgIpc) is 2.76. The zero-order valence-corrected chi connectivity index (χ0v) is 18.6. The van der Waals surface area contributed by atoms with E-state index >= 15 is 0 Å². The molecule has 0 bridgehead atoms. The molecule has 0 aliphatic rings. The minimum absolute atomic E-state index is 0.00742. The van der Waals surface area contributed by atoms with Gasteiger partial charge >= 0.3 is 6.61 Å². The monoisotopic (exact) mass is 448 g/mol. The predicted molar refractivity (Wildman–Crippen MR) is 121 cm³/mol. The van der Waals surface area contributed by atoms with Crippen molar-refractivity contribution in [3.05, 3.63) is 53.6 Å². The van der Waals surface area contributed by atoms with Gasteiger partial charge in [-0.25, -0.2) is 0 Å². The summed E-state index contributed by atoms with van der Waals surface area (Å²) in [7, 11) is 1.62. The molecule has 3 N–H and O–H groups in total. The van der Waals surface area contributed by atoms with Crippen LogP contribution >= 0.6 is 0 Å². The molecule has 2 aromatic rings. The van der Waals surface area contributed by atoms with E-state index in [1.54, 1.807) is 32.2 Å². The van der Waals surface area contributed by atoms with Crippen molar-refractivity contribution in [2.75, 3.05) is 19.0 Å². The van der Waals surface area contributed by atoms with Crippen LogP contribution in [-0.4, -0.2) is 32.1 Å². The number of hydrogen-bond acceptors (Lipinski definition) is 4. The summed E-state index contributed by atoms with van der Waals surface area (Å²) in [6.07, 6.45) is 1.29. The molecule has 1 amide bonds. The molecule has 0 radical (unpaired) electrons. The minimum atomic E-state index is -2.96. The zero-order chi connectivity index (χ0) is 23.3. The SMILES string of the molecule is CCCC(=O)Nc1ccc(CNC(=NC)NCc2cccc(OCC)c2OC(F)F)cc1. The second kappa shape index (κ2) is 13.1. The van der Waals surface area contributed by atoms with E-state index in [0.717, 1.165) is 17.7 Å². The highest BCUT2D eigenvalue weighted by atomic mass is 19.3. The van der Waals surface area contributed by atoms with Crippen molar-refractivity contribution in [1.82, 2.24) is 10.6 Å². The second-order valence-electron chi connectivity index (χ2n) is 6.83. The zero-order valence-electron chi connectivity index (χ0n) is 18.6. The molecule has 0 fully saturated rings. The largest absolute Gasteiger partial charge is 0.490 e. The maximum Gasteiger partial charge on any atom is 0.387 e. The van der Waals surface area contributed by atoms with Crippen molar-refractivity contribution in [3.8, 4) is 11.5 Å². The maximum atomic E-state index is 12.9. The minimum Gasteiger partial charge on any atom is -0.490 e. The summed E-state index contributed by atoms with van der Waals surface area (Å²) < 4.78 is 35.8. The Hall–Kier alpha value is -3.36. The van der Waals surface area contributed by atoms with Crippen LogP contribution in [0.5, 0.6) is 11.5 Å². The number of nitrogens with one attached hydrogen (secondary N) is 3. The highest BCUT2D eigenvalue weighted by Crippen LogP contribution is 2.32. The number of ether oxygens (including phenoxy) is 2. The van der Waals surface area contributed by atoms with Gasteiger partial charge < -0.3 is 25.4 Å². The number of carbonyl (C=O) groups is 1. The number of nitrogens with zero attached hydrogens (tertiary/aromatic N) is 1. The lowest BCUT2D eigenvalue weighted by Gasteiger charge is -2.17. The number of guanidine groups is 1. The lowest BCUT2D eigenvalue weighted by atomic mass is 10.2. The van der Waals surface area contributed by atoms with Crippen molar-refractivity contribution in [3.63, 3.8) is 0 Å². The smallest absolute Gasteiger partial charge is 0.387 e. The fourth-order valence-corrected chi connectivity index (χ4v) is 2.93. The van der Waals surface area contributed by atoms with Gasteiger partial charge in [0.2, 0.25) is 5.91 Å². The van der Waals surface area contributed by atoms with E-state index in [1.165, 1.54) is 0 Å². The molecule has 2 rings (SSSR count). The first-order chi connectivity index (χ1) is 15.5. The topological polar surface area (TPSA) is 84.0 Å². The Labute approximate surface area is 187 Å². The number of hydrogen-bond donors (Lipinski definition) is 3. The third kappa shape index (κ3) is 8.05. The van der Waals surface area contributed by atoms with E-state index in [4.69, 9.17) is 4.74 Å². The normalized spacial score (nSPS) is 11.2. The van der Waals surface area contributed by atoms with Gasteiger partial charge in [-0.1, -0.05) is 31.2 Å². The van der Waals surface area contributed by atoms with Crippen molar-refractivity contribution >= 4 is 17.6 Å². The number of anilines is 1. The third-order valence-corrected chi connectivity index (χ3v) is 4.41. The first-order valence-corrected chi connectivity index (χ1v) is 10.5. The van der Waals surface area contributed by atoms with Crippen LogP contribution in [0.25, 0.3) is 0 Å². The van der Waals surface area contributed by atoms with Gasteiger partial charge in [0, 0.05) is 37.8 Å². The molecule has 0 spiro atoms. The van der Waals surface area contributed by atoms with E-state index < -0.39 is 6.61 Å². The molecular formula is C23H30F2N4O3. The van der Waals surface area contributed by atoms with E-state index in [2.05, 4.69) is 25.7 Å². The lowest BCUT2D eigenvalue weighted by Crippen LogP contribution is -2.36. The molecule has 0 atom stereocenters. The van der Waals surface area contributed by atoms with E-state index in [-0.39, 0.29) is 24.0 Å². The fourth-order valence-electron chi connectivity index (χ4n) is 2.93. The van der Waals surface area contributed by atoms with Crippen LogP contribution in [0, 0.1) is 0 Å². The number of amides is 1. The average molecular weight is 449 g/mol. The third-order valence-electron chi connectivity index (χ3n) is 4.41. The molecule has 32 heavy (non-hydrogen) atoms.